The standard InChI is InChI=1S/C17H24N2O2/c1-16(2)8-15-9-17(3,11-16)12-18(15)10-13-5-4-6-14(7-13)19(20)21/h4-7,15H,8-12H2,1-3H3/p+1/t15-,17-/m0/s1. The molecule has 2 aliphatic rings. The molecule has 0 amide bonds. The summed E-state index contributed by atoms with van der Waals surface area (Å²) in [6.45, 7) is 9.30. The van der Waals surface area contributed by atoms with E-state index >= 15 is 0 Å². The predicted octanol–water partition coefficient (Wildman–Crippen LogP) is 2.58. The highest BCUT2D eigenvalue weighted by Crippen LogP contribution is 2.47. The van der Waals surface area contributed by atoms with Gasteiger partial charge in [-0.05, 0) is 11.8 Å². The molecule has 0 spiro atoms. The summed E-state index contributed by atoms with van der Waals surface area (Å²) < 4.78 is 0. The zero-order valence-corrected chi connectivity index (χ0v) is 13.2. The SMILES string of the molecule is CC1(C)C[C@H]2C[C@](C)(C[NH+]2Cc2cccc([N+](=O)[O-])c2)C1. The maximum Gasteiger partial charge on any atom is 0.269 e. The number of quaternary nitrogens is 1. The number of nitrogens with zero attached hydrogens (tertiary/aromatic N) is 1. The fourth-order valence-corrected chi connectivity index (χ4v) is 5.00. The number of likely N-dealkylation sites (tertiary alicyclic amines) is 1. The van der Waals surface area contributed by atoms with Crippen LogP contribution in [0.2, 0.25) is 0 Å². The second-order valence-electron chi connectivity index (χ2n) is 8.20. The largest absolute Gasteiger partial charge is 0.328 e. The molecule has 2 fully saturated rings. The van der Waals surface area contributed by atoms with Crippen molar-refractivity contribution in [1.82, 2.24) is 0 Å². The van der Waals surface area contributed by atoms with Gasteiger partial charge in [0, 0.05) is 36.0 Å². The number of rotatable bonds is 3. The van der Waals surface area contributed by atoms with Crippen LogP contribution >= 0.6 is 0 Å². The summed E-state index contributed by atoms with van der Waals surface area (Å²) in [5.41, 5.74) is 2.18. The summed E-state index contributed by atoms with van der Waals surface area (Å²) in [4.78, 5) is 12.2. The number of benzene rings is 1. The summed E-state index contributed by atoms with van der Waals surface area (Å²) in [6, 6.07) is 7.85. The molecular formula is C17H25N2O2+. The van der Waals surface area contributed by atoms with Crippen LogP contribution in [0.4, 0.5) is 5.69 Å². The minimum atomic E-state index is -0.300. The first-order valence-corrected chi connectivity index (χ1v) is 7.84. The molecule has 4 nitrogen and oxygen atoms in total. The van der Waals surface area contributed by atoms with Gasteiger partial charge in [0.15, 0.2) is 0 Å². The van der Waals surface area contributed by atoms with Crippen LogP contribution in [0, 0.1) is 20.9 Å². The van der Waals surface area contributed by atoms with E-state index in [1.807, 2.05) is 6.07 Å². The molecule has 1 N–H and O–H groups in total. The van der Waals surface area contributed by atoms with Crippen LogP contribution in [0.1, 0.15) is 45.6 Å². The molecule has 3 rings (SSSR count). The van der Waals surface area contributed by atoms with Crippen LogP contribution < -0.4 is 4.90 Å². The minimum Gasteiger partial charge on any atom is -0.328 e. The zero-order chi connectivity index (χ0) is 15.3. The van der Waals surface area contributed by atoms with Crippen LogP contribution in [0.25, 0.3) is 0 Å². The first kappa shape index (κ1) is 14.5. The molecule has 4 heteroatoms. The van der Waals surface area contributed by atoms with E-state index in [4.69, 9.17) is 0 Å². The van der Waals surface area contributed by atoms with Gasteiger partial charge in [0.2, 0.25) is 0 Å². The van der Waals surface area contributed by atoms with E-state index < -0.39 is 0 Å². The zero-order valence-electron chi connectivity index (χ0n) is 13.2. The summed E-state index contributed by atoms with van der Waals surface area (Å²) >= 11 is 0. The Morgan fingerprint density at radius 2 is 2.10 bits per heavy atom. The van der Waals surface area contributed by atoms with E-state index in [-0.39, 0.29) is 10.6 Å². The molecule has 1 aromatic rings. The van der Waals surface area contributed by atoms with Crippen molar-refractivity contribution in [2.45, 2.75) is 52.6 Å². The molecule has 1 saturated heterocycles. The number of non-ortho nitro benzene ring substituents is 1. The lowest BCUT2D eigenvalue weighted by Crippen LogP contribution is -3.12. The van der Waals surface area contributed by atoms with Crippen molar-refractivity contribution in [2.75, 3.05) is 6.54 Å². The fourth-order valence-electron chi connectivity index (χ4n) is 5.00. The highest BCUT2D eigenvalue weighted by atomic mass is 16.6. The van der Waals surface area contributed by atoms with Crippen molar-refractivity contribution in [3.05, 3.63) is 39.9 Å². The summed E-state index contributed by atoms with van der Waals surface area (Å²) in [5, 5.41) is 10.9. The highest BCUT2D eigenvalue weighted by molar-refractivity contribution is 5.33. The molecule has 1 heterocycles. The quantitative estimate of drug-likeness (QED) is 0.687. The molecule has 114 valence electrons. The van der Waals surface area contributed by atoms with Gasteiger partial charge < -0.3 is 4.90 Å². The molecule has 3 atom stereocenters. The molecule has 0 aromatic heterocycles. The Kier molecular flexibility index (Phi) is 3.32. The fraction of sp³-hybridized carbons (Fsp3) is 0.647. The Labute approximate surface area is 126 Å². The van der Waals surface area contributed by atoms with Crippen LogP contribution in [0.15, 0.2) is 24.3 Å². The average Bonchev–Trinajstić information content (AvgIpc) is 2.58. The Balaban J connectivity index is 1.77. The monoisotopic (exact) mass is 289 g/mol. The van der Waals surface area contributed by atoms with Crippen molar-refractivity contribution in [3.63, 3.8) is 0 Å². The van der Waals surface area contributed by atoms with E-state index in [1.165, 1.54) is 25.8 Å². The van der Waals surface area contributed by atoms with Gasteiger partial charge in [0.25, 0.3) is 5.69 Å². The molecule has 1 unspecified atom stereocenters. The Morgan fingerprint density at radius 1 is 1.33 bits per heavy atom. The minimum absolute atomic E-state index is 0.209. The maximum absolute atomic E-state index is 10.9. The smallest absolute Gasteiger partial charge is 0.269 e. The molecule has 21 heavy (non-hydrogen) atoms. The van der Waals surface area contributed by atoms with Gasteiger partial charge in [-0.3, -0.25) is 10.1 Å². The average molecular weight is 289 g/mol. The van der Waals surface area contributed by atoms with Crippen LogP contribution in [-0.4, -0.2) is 17.5 Å². The van der Waals surface area contributed by atoms with Gasteiger partial charge in [0.1, 0.15) is 6.54 Å². The van der Waals surface area contributed by atoms with E-state index in [9.17, 15) is 10.1 Å². The van der Waals surface area contributed by atoms with Gasteiger partial charge in [-0.2, -0.15) is 0 Å². The van der Waals surface area contributed by atoms with Crippen LogP contribution in [-0.2, 0) is 6.54 Å². The molecule has 1 aliphatic heterocycles. The Bertz CT molecular complexity index is 570. The molecule has 0 radical (unpaired) electrons. The molecule has 1 saturated carbocycles. The third kappa shape index (κ3) is 2.95. The highest BCUT2D eigenvalue weighted by Gasteiger charge is 2.52. The van der Waals surface area contributed by atoms with Crippen molar-refractivity contribution in [3.8, 4) is 0 Å². The Morgan fingerprint density at radius 3 is 2.81 bits per heavy atom. The van der Waals surface area contributed by atoms with Crippen LogP contribution in [0.3, 0.4) is 0 Å². The summed E-state index contributed by atoms with van der Waals surface area (Å²) in [7, 11) is 0. The first-order valence-electron chi connectivity index (χ1n) is 7.84. The van der Waals surface area contributed by atoms with Crippen molar-refractivity contribution >= 4 is 5.69 Å². The number of hydrogen-bond donors (Lipinski definition) is 1. The van der Waals surface area contributed by atoms with Gasteiger partial charge in [0.05, 0.1) is 17.5 Å². The molecular weight excluding hydrogens is 264 g/mol. The van der Waals surface area contributed by atoms with Gasteiger partial charge >= 0.3 is 0 Å². The number of nitro benzene ring substituents is 1. The van der Waals surface area contributed by atoms with E-state index in [0.29, 0.717) is 16.9 Å². The second-order valence-corrected chi connectivity index (χ2v) is 8.20. The normalized spacial score (nSPS) is 33.9. The number of fused-ring (bicyclic) bond motifs is 2. The van der Waals surface area contributed by atoms with Crippen molar-refractivity contribution in [2.24, 2.45) is 10.8 Å². The van der Waals surface area contributed by atoms with Gasteiger partial charge in [-0.1, -0.05) is 32.9 Å². The predicted molar refractivity (Wildman–Crippen MR) is 82.2 cm³/mol. The second kappa shape index (κ2) is 4.80. The number of nitrogens with one attached hydrogen (secondary N) is 1. The van der Waals surface area contributed by atoms with Crippen LogP contribution in [0.5, 0.6) is 0 Å². The molecule has 1 aromatic carbocycles. The van der Waals surface area contributed by atoms with Gasteiger partial charge in [-0.25, -0.2) is 0 Å². The van der Waals surface area contributed by atoms with E-state index in [1.54, 1.807) is 23.1 Å². The lowest BCUT2D eigenvalue weighted by atomic mass is 9.65. The lowest BCUT2D eigenvalue weighted by molar-refractivity contribution is -0.928. The number of hydrogen-bond acceptors (Lipinski definition) is 2. The van der Waals surface area contributed by atoms with E-state index in [2.05, 4.69) is 20.8 Å². The maximum atomic E-state index is 10.9. The molecule has 2 bridgehead atoms. The summed E-state index contributed by atoms with van der Waals surface area (Å²) in [5.74, 6) is 0. The van der Waals surface area contributed by atoms with Crippen molar-refractivity contribution in [1.29, 1.82) is 0 Å². The number of nitro groups is 1. The third-order valence-electron chi connectivity index (χ3n) is 5.23. The van der Waals surface area contributed by atoms with E-state index in [0.717, 1.165) is 12.1 Å². The first-order chi connectivity index (χ1) is 9.76. The third-order valence-corrected chi connectivity index (χ3v) is 5.23. The Hall–Kier alpha value is -1.42. The lowest BCUT2D eigenvalue weighted by Gasteiger charge is -2.37. The molecule has 1 aliphatic carbocycles. The van der Waals surface area contributed by atoms with Gasteiger partial charge in [-0.15, -0.1) is 0 Å². The topological polar surface area (TPSA) is 47.6 Å². The summed E-state index contributed by atoms with van der Waals surface area (Å²) in [6.07, 6.45) is 3.88. The van der Waals surface area contributed by atoms with Crippen molar-refractivity contribution < 1.29 is 9.82 Å².